The molecule has 134 valence electrons. The molecular weight excluding hydrogens is 318 g/mol. The number of imidazole rings is 1. The first-order valence-corrected chi connectivity index (χ1v) is 8.41. The van der Waals surface area contributed by atoms with Crippen molar-refractivity contribution in [3.63, 3.8) is 0 Å². The molecule has 0 aromatic carbocycles. The van der Waals surface area contributed by atoms with E-state index in [-0.39, 0.29) is 36.0 Å². The van der Waals surface area contributed by atoms with Crippen molar-refractivity contribution in [3.05, 3.63) is 18.2 Å². The van der Waals surface area contributed by atoms with Crippen LogP contribution in [-0.2, 0) is 11.3 Å². The molecule has 1 aromatic rings. The molecule has 0 saturated heterocycles. The Morgan fingerprint density at radius 3 is 2.92 bits per heavy atom. The molecule has 2 amide bonds. The van der Waals surface area contributed by atoms with Crippen LogP contribution in [0.1, 0.15) is 45.0 Å². The molecule has 2 aliphatic carbocycles. The van der Waals surface area contributed by atoms with Gasteiger partial charge in [0, 0.05) is 37.5 Å². The first kappa shape index (κ1) is 17.1. The summed E-state index contributed by atoms with van der Waals surface area (Å²) in [6.45, 7) is 0.0499. The lowest BCUT2D eigenvalue weighted by molar-refractivity contribution is -0.169. The van der Waals surface area contributed by atoms with Crippen molar-refractivity contribution >= 4 is 6.03 Å². The Morgan fingerprint density at radius 2 is 2.33 bits per heavy atom. The summed E-state index contributed by atoms with van der Waals surface area (Å²) in [5.41, 5.74) is 0.0773. The predicted octanol–water partition coefficient (Wildman–Crippen LogP) is 2.77. The molecule has 1 spiro atoms. The second-order valence-electron chi connectivity index (χ2n) is 6.65. The lowest BCUT2D eigenvalue weighted by atomic mass is 9.51. The lowest BCUT2D eigenvalue weighted by Crippen LogP contribution is -2.68. The van der Waals surface area contributed by atoms with Crippen LogP contribution in [0.2, 0.25) is 0 Å². The highest BCUT2D eigenvalue weighted by Gasteiger charge is 2.59. The van der Waals surface area contributed by atoms with Crippen LogP contribution in [0.15, 0.2) is 12.4 Å². The number of nitrogens with zero attached hydrogens (tertiary/aromatic N) is 3. The van der Waals surface area contributed by atoms with Crippen molar-refractivity contribution in [1.82, 2.24) is 19.8 Å². The highest BCUT2D eigenvalue weighted by Crippen LogP contribution is 2.57. The van der Waals surface area contributed by atoms with Gasteiger partial charge in [0.2, 0.25) is 0 Å². The van der Waals surface area contributed by atoms with E-state index < -0.39 is 6.55 Å². The van der Waals surface area contributed by atoms with Crippen LogP contribution in [-0.4, -0.2) is 46.3 Å². The van der Waals surface area contributed by atoms with E-state index in [1.54, 1.807) is 7.05 Å². The largest absolute Gasteiger partial charge is 0.378 e. The summed E-state index contributed by atoms with van der Waals surface area (Å²) in [5, 5.41) is 3.04. The van der Waals surface area contributed by atoms with Crippen molar-refractivity contribution in [3.8, 4) is 0 Å². The van der Waals surface area contributed by atoms with E-state index in [9.17, 15) is 13.6 Å². The molecule has 2 aliphatic rings. The van der Waals surface area contributed by atoms with Crippen molar-refractivity contribution < 1.29 is 18.3 Å². The number of amides is 2. The van der Waals surface area contributed by atoms with Gasteiger partial charge in [-0.25, -0.2) is 9.78 Å². The molecule has 3 rings (SSSR count). The summed E-state index contributed by atoms with van der Waals surface area (Å²) in [6, 6.07) is -0.155. The fourth-order valence-electron chi connectivity index (χ4n) is 3.83. The Bertz CT molecular complexity index is 588. The van der Waals surface area contributed by atoms with Crippen LogP contribution in [0.3, 0.4) is 0 Å². The van der Waals surface area contributed by atoms with Crippen molar-refractivity contribution in [1.29, 1.82) is 0 Å². The summed E-state index contributed by atoms with van der Waals surface area (Å²) in [6.07, 6.45) is 6.88. The summed E-state index contributed by atoms with van der Waals surface area (Å²) < 4.78 is 32.2. The van der Waals surface area contributed by atoms with E-state index in [1.165, 1.54) is 17.3 Å². The minimum absolute atomic E-state index is 0.0395. The molecule has 2 fully saturated rings. The fourth-order valence-corrected chi connectivity index (χ4v) is 3.83. The van der Waals surface area contributed by atoms with Gasteiger partial charge in [-0.2, -0.15) is 8.78 Å². The van der Waals surface area contributed by atoms with Gasteiger partial charge in [0.15, 0.2) is 0 Å². The van der Waals surface area contributed by atoms with E-state index in [2.05, 4.69) is 10.3 Å². The zero-order chi connectivity index (χ0) is 17.3. The number of halogens is 2. The molecule has 1 N–H and O–H groups in total. The van der Waals surface area contributed by atoms with Crippen LogP contribution < -0.4 is 5.32 Å². The summed E-state index contributed by atoms with van der Waals surface area (Å²) in [5.74, 6) is 0.168. The third-order valence-electron chi connectivity index (χ3n) is 5.42. The molecule has 1 heterocycles. The molecule has 2 atom stereocenters. The molecule has 6 nitrogen and oxygen atoms in total. The molecule has 24 heavy (non-hydrogen) atoms. The van der Waals surface area contributed by atoms with Gasteiger partial charge < -0.3 is 15.0 Å². The summed E-state index contributed by atoms with van der Waals surface area (Å²) in [4.78, 5) is 17.7. The molecular formula is C16H24F2N4O2. The number of carbonyl (C=O) groups excluding carboxylic acids is 1. The third kappa shape index (κ3) is 2.87. The number of rotatable bonds is 6. The molecule has 1 aromatic heterocycles. The maximum absolute atomic E-state index is 12.8. The summed E-state index contributed by atoms with van der Waals surface area (Å²) in [7, 11) is 1.59. The van der Waals surface area contributed by atoms with Crippen LogP contribution >= 0.6 is 0 Å². The average Bonchev–Trinajstić information content (AvgIpc) is 2.92. The van der Waals surface area contributed by atoms with E-state index >= 15 is 0 Å². The first-order valence-electron chi connectivity index (χ1n) is 8.41. The fraction of sp³-hybridized carbons (Fsp3) is 0.750. The zero-order valence-corrected chi connectivity index (χ0v) is 14.0. The second-order valence-corrected chi connectivity index (χ2v) is 6.65. The molecule has 0 aliphatic heterocycles. The topological polar surface area (TPSA) is 59.4 Å². The Kier molecular flexibility index (Phi) is 4.76. The zero-order valence-electron chi connectivity index (χ0n) is 14.0. The van der Waals surface area contributed by atoms with Crippen molar-refractivity contribution in [2.45, 2.75) is 57.8 Å². The van der Waals surface area contributed by atoms with Gasteiger partial charge in [0.1, 0.15) is 5.82 Å². The monoisotopic (exact) mass is 342 g/mol. The Balaban J connectivity index is 1.56. The van der Waals surface area contributed by atoms with Crippen LogP contribution in [0.4, 0.5) is 13.6 Å². The Morgan fingerprint density at radius 1 is 1.58 bits per heavy atom. The van der Waals surface area contributed by atoms with Gasteiger partial charge in [0.05, 0.1) is 12.6 Å². The van der Waals surface area contributed by atoms with Crippen molar-refractivity contribution in [2.24, 2.45) is 5.41 Å². The highest BCUT2D eigenvalue weighted by atomic mass is 19.3. The number of aromatic nitrogens is 2. The van der Waals surface area contributed by atoms with Crippen LogP contribution in [0, 0.1) is 5.41 Å². The Labute approximate surface area is 140 Å². The molecule has 8 heteroatoms. The molecule has 0 radical (unpaired) electrons. The highest BCUT2D eigenvalue weighted by molar-refractivity contribution is 5.74. The van der Waals surface area contributed by atoms with E-state index in [1.807, 2.05) is 6.92 Å². The quantitative estimate of drug-likeness (QED) is 0.865. The summed E-state index contributed by atoms with van der Waals surface area (Å²) >= 11 is 0. The van der Waals surface area contributed by atoms with Gasteiger partial charge >= 0.3 is 12.6 Å². The van der Waals surface area contributed by atoms with Gasteiger partial charge in [-0.3, -0.25) is 4.57 Å². The minimum Gasteiger partial charge on any atom is -0.378 e. The minimum atomic E-state index is -2.66. The number of hydrogen-bond donors (Lipinski definition) is 1. The van der Waals surface area contributed by atoms with Gasteiger partial charge in [-0.1, -0.05) is 6.42 Å². The first-order chi connectivity index (χ1) is 11.5. The number of ether oxygens (including phenoxy) is 1. The number of carbonyl (C=O) groups is 1. The van der Waals surface area contributed by atoms with E-state index in [0.29, 0.717) is 6.61 Å². The maximum atomic E-state index is 12.8. The molecule has 2 saturated carbocycles. The van der Waals surface area contributed by atoms with Crippen LogP contribution in [0.5, 0.6) is 0 Å². The number of hydrogen-bond acceptors (Lipinski definition) is 3. The Hall–Kier alpha value is -1.70. The maximum Gasteiger partial charge on any atom is 0.319 e. The van der Waals surface area contributed by atoms with Crippen LogP contribution in [0.25, 0.3) is 0 Å². The lowest BCUT2D eigenvalue weighted by Gasteiger charge is -2.61. The molecule has 0 bridgehead atoms. The number of alkyl halides is 2. The third-order valence-corrected chi connectivity index (χ3v) is 5.42. The predicted molar refractivity (Wildman–Crippen MR) is 83.6 cm³/mol. The SMILES string of the molecule is CCO[C@H]1C[C@@H](NC(=O)N(C)Cc2nccn2C(F)F)C12CCC2. The van der Waals surface area contributed by atoms with Crippen molar-refractivity contribution in [2.75, 3.05) is 13.7 Å². The van der Waals surface area contributed by atoms with Gasteiger partial charge in [0.25, 0.3) is 0 Å². The second kappa shape index (κ2) is 6.66. The van der Waals surface area contributed by atoms with E-state index in [4.69, 9.17) is 4.74 Å². The van der Waals surface area contributed by atoms with Gasteiger partial charge in [-0.05, 0) is 26.2 Å². The normalized spacial score (nSPS) is 24.5. The van der Waals surface area contributed by atoms with Gasteiger partial charge in [-0.15, -0.1) is 0 Å². The van der Waals surface area contributed by atoms with E-state index in [0.717, 1.165) is 30.3 Å². The standard InChI is InChI=1S/C16H24F2N4O2/c1-3-24-12-9-11(16(12)5-4-6-16)20-15(23)21(2)10-13-19-7-8-22(13)14(17)18/h7-8,11-12,14H,3-6,9-10H2,1-2H3,(H,20,23)/t11-,12+/m1/s1. The smallest absolute Gasteiger partial charge is 0.319 e. The average molecular weight is 342 g/mol. The number of urea groups is 1. The molecule has 0 unspecified atom stereocenters. The number of nitrogens with one attached hydrogen (secondary N) is 1.